The number of anilines is 1. The van der Waals surface area contributed by atoms with Crippen molar-refractivity contribution in [1.29, 1.82) is 5.26 Å². The summed E-state index contributed by atoms with van der Waals surface area (Å²) in [5.74, 6) is 0.738. The molecule has 42 heavy (non-hydrogen) atoms. The van der Waals surface area contributed by atoms with Gasteiger partial charge in [0.2, 0.25) is 0 Å². The highest BCUT2D eigenvalue weighted by Gasteiger charge is 2.29. The zero-order valence-electron chi connectivity index (χ0n) is 22.7. The standard InChI is InChI=1S/C29H30F3N7O2S/c1-17-15-41-22(12-34-17)14-39-21(11-33)7-18-6-19(26(40)9-25(18)39)13-38-4-2-20(3-5-38)37-27-24-8-23(10-29(30,31)32)42-28(24)36-16-35-27/h6-9,16,20,22,34,40H,1-5,10,12-15H2,(H,35,36,37)/t22-/m0/s1. The number of rotatable bonds is 7. The minimum absolute atomic E-state index is 0.113. The summed E-state index contributed by atoms with van der Waals surface area (Å²) in [6.45, 7) is 7.49. The Morgan fingerprint density at radius 2 is 2.02 bits per heavy atom. The molecule has 0 unspecified atom stereocenters. The van der Waals surface area contributed by atoms with E-state index in [9.17, 15) is 23.5 Å². The monoisotopic (exact) mass is 597 g/mol. The Bertz CT molecular complexity index is 1660. The first kappa shape index (κ1) is 28.3. The van der Waals surface area contributed by atoms with E-state index in [4.69, 9.17) is 4.74 Å². The van der Waals surface area contributed by atoms with Crippen molar-refractivity contribution in [2.75, 3.05) is 31.6 Å². The molecule has 6 rings (SSSR count). The van der Waals surface area contributed by atoms with Crippen LogP contribution in [0.15, 0.2) is 42.9 Å². The molecule has 13 heteroatoms. The van der Waals surface area contributed by atoms with Gasteiger partial charge in [-0.1, -0.05) is 6.58 Å². The van der Waals surface area contributed by atoms with Gasteiger partial charge in [-0.2, -0.15) is 18.4 Å². The summed E-state index contributed by atoms with van der Waals surface area (Å²) < 4.78 is 46.4. The van der Waals surface area contributed by atoms with Crippen molar-refractivity contribution in [2.45, 2.75) is 50.7 Å². The third-order valence-corrected chi connectivity index (χ3v) is 8.80. The number of aromatic nitrogens is 3. The third-order valence-electron chi connectivity index (χ3n) is 7.75. The van der Waals surface area contributed by atoms with Crippen molar-refractivity contribution in [1.82, 2.24) is 24.8 Å². The fraction of sp³-hybridized carbons (Fsp3) is 0.414. The van der Waals surface area contributed by atoms with Crippen LogP contribution < -0.4 is 10.6 Å². The first-order valence-electron chi connectivity index (χ1n) is 13.7. The molecule has 5 heterocycles. The van der Waals surface area contributed by atoms with Crippen LogP contribution in [0.2, 0.25) is 0 Å². The number of halogens is 3. The van der Waals surface area contributed by atoms with Gasteiger partial charge in [0.1, 0.15) is 34.5 Å². The fourth-order valence-electron chi connectivity index (χ4n) is 5.64. The quantitative estimate of drug-likeness (QED) is 0.276. The van der Waals surface area contributed by atoms with E-state index in [1.54, 1.807) is 6.07 Å². The minimum Gasteiger partial charge on any atom is -0.508 e. The first-order valence-corrected chi connectivity index (χ1v) is 14.5. The summed E-state index contributed by atoms with van der Waals surface area (Å²) in [6, 6.07) is 9.42. The largest absolute Gasteiger partial charge is 0.508 e. The van der Waals surface area contributed by atoms with Gasteiger partial charge in [-0.15, -0.1) is 11.3 Å². The van der Waals surface area contributed by atoms with E-state index >= 15 is 0 Å². The van der Waals surface area contributed by atoms with Gasteiger partial charge in [0.15, 0.2) is 0 Å². The predicted molar refractivity (Wildman–Crippen MR) is 154 cm³/mol. The maximum absolute atomic E-state index is 12.9. The Labute approximate surface area is 244 Å². The van der Waals surface area contributed by atoms with Crippen LogP contribution in [0.4, 0.5) is 19.0 Å². The lowest BCUT2D eigenvalue weighted by atomic mass is 10.0. The number of phenolic OH excluding ortho intramolecular Hbond substituents is 1. The molecule has 3 aromatic heterocycles. The summed E-state index contributed by atoms with van der Waals surface area (Å²) in [5.41, 5.74) is 2.91. The number of fused-ring (bicyclic) bond motifs is 2. The molecule has 2 aliphatic heterocycles. The van der Waals surface area contributed by atoms with Crippen molar-refractivity contribution >= 4 is 38.3 Å². The van der Waals surface area contributed by atoms with Crippen molar-refractivity contribution in [3.05, 3.63) is 59.0 Å². The molecule has 0 spiro atoms. The van der Waals surface area contributed by atoms with Crippen molar-refractivity contribution < 1.29 is 23.0 Å². The number of benzene rings is 1. The molecule has 0 bridgehead atoms. The van der Waals surface area contributed by atoms with E-state index in [2.05, 4.69) is 38.1 Å². The third kappa shape index (κ3) is 6.16. The molecule has 220 valence electrons. The van der Waals surface area contributed by atoms with Gasteiger partial charge in [-0.25, -0.2) is 9.97 Å². The number of alkyl halides is 3. The van der Waals surface area contributed by atoms with Crippen molar-refractivity contribution in [3.63, 3.8) is 0 Å². The molecular weight excluding hydrogens is 567 g/mol. The number of hydrogen-bond donors (Lipinski definition) is 3. The highest BCUT2D eigenvalue weighted by Crippen LogP contribution is 2.34. The second kappa shape index (κ2) is 11.4. The van der Waals surface area contributed by atoms with Crippen LogP contribution in [0.25, 0.3) is 21.1 Å². The highest BCUT2D eigenvalue weighted by atomic mass is 32.1. The molecule has 0 amide bonds. The smallest absolute Gasteiger partial charge is 0.393 e. The van der Waals surface area contributed by atoms with E-state index in [1.165, 1.54) is 12.4 Å². The normalized spacial score (nSPS) is 18.8. The zero-order valence-corrected chi connectivity index (χ0v) is 23.6. The average molecular weight is 598 g/mol. The predicted octanol–water partition coefficient (Wildman–Crippen LogP) is 4.91. The number of likely N-dealkylation sites (tertiary alicyclic amines) is 1. The Morgan fingerprint density at radius 1 is 1.21 bits per heavy atom. The van der Waals surface area contributed by atoms with Crippen LogP contribution in [0.5, 0.6) is 5.75 Å². The molecule has 4 aromatic rings. The zero-order chi connectivity index (χ0) is 29.4. The number of nitriles is 1. The van der Waals surface area contributed by atoms with Crippen molar-refractivity contribution in [3.8, 4) is 11.8 Å². The van der Waals surface area contributed by atoms with E-state index in [1.807, 2.05) is 16.7 Å². The molecule has 0 radical (unpaired) electrons. The highest BCUT2D eigenvalue weighted by molar-refractivity contribution is 7.18. The topological polar surface area (TPSA) is 111 Å². The van der Waals surface area contributed by atoms with E-state index in [0.717, 1.165) is 59.4 Å². The van der Waals surface area contributed by atoms with Crippen LogP contribution >= 0.6 is 11.3 Å². The number of ether oxygens (including phenoxy) is 1. The van der Waals surface area contributed by atoms with Gasteiger partial charge in [-0.3, -0.25) is 4.90 Å². The fourth-order valence-corrected chi connectivity index (χ4v) is 6.67. The maximum atomic E-state index is 12.9. The summed E-state index contributed by atoms with van der Waals surface area (Å²) in [4.78, 5) is 11.5. The summed E-state index contributed by atoms with van der Waals surface area (Å²) >= 11 is 1.04. The number of aromatic hydroxyl groups is 1. The number of hydrogen-bond acceptors (Lipinski definition) is 9. The number of nitrogens with one attached hydrogen (secondary N) is 2. The van der Waals surface area contributed by atoms with E-state index in [-0.39, 0.29) is 22.8 Å². The Morgan fingerprint density at radius 3 is 2.74 bits per heavy atom. The molecule has 3 N–H and O–H groups in total. The molecule has 2 fully saturated rings. The molecule has 1 atom stereocenters. The first-order chi connectivity index (χ1) is 20.1. The molecule has 0 aliphatic carbocycles. The van der Waals surface area contributed by atoms with Crippen LogP contribution in [0, 0.1) is 11.3 Å². The number of morpholine rings is 1. The maximum Gasteiger partial charge on any atom is 0.393 e. The average Bonchev–Trinajstić information content (AvgIpc) is 3.51. The SMILES string of the molecule is C=C1CO[C@H](Cn2c(C#N)cc3cc(CN4CCC(Nc5ncnc6sc(CC(F)(F)F)cc56)CC4)c(O)cc32)CN1. The number of nitrogens with zero attached hydrogens (tertiary/aromatic N) is 5. The molecule has 0 saturated carbocycles. The second-order valence-electron chi connectivity index (χ2n) is 10.8. The summed E-state index contributed by atoms with van der Waals surface area (Å²) in [5, 5.41) is 28.8. The van der Waals surface area contributed by atoms with Gasteiger partial charge in [0.25, 0.3) is 0 Å². The minimum atomic E-state index is -4.27. The second-order valence-corrected chi connectivity index (χ2v) is 12.0. The number of thiophene rings is 1. The van der Waals surface area contributed by atoms with Gasteiger partial charge in [0, 0.05) is 59.8 Å². The lowest BCUT2D eigenvalue weighted by Crippen LogP contribution is -2.39. The van der Waals surface area contributed by atoms with E-state index < -0.39 is 12.6 Å². The van der Waals surface area contributed by atoms with E-state index in [0.29, 0.717) is 48.0 Å². The molecule has 2 aliphatic rings. The molecule has 1 aromatic carbocycles. The van der Waals surface area contributed by atoms with Gasteiger partial charge in [-0.05, 0) is 31.0 Å². The Kier molecular flexibility index (Phi) is 7.69. The van der Waals surface area contributed by atoms with Gasteiger partial charge < -0.3 is 25.0 Å². The molecule has 9 nitrogen and oxygen atoms in total. The van der Waals surface area contributed by atoms with Crippen LogP contribution in [-0.2, 0) is 24.2 Å². The van der Waals surface area contributed by atoms with Gasteiger partial charge >= 0.3 is 6.18 Å². The Balaban J connectivity index is 1.10. The van der Waals surface area contributed by atoms with Crippen LogP contribution in [-0.4, -0.2) is 69.1 Å². The van der Waals surface area contributed by atoms with Crippen LogP contribution in [0.3, 0.4) is 0 Å². The summed E-state index contributed by atoms with van der Waals surface area (Å²) in [7, 11) is 0. The summed E-state index contributed by atoms with van der Waals surface area (Å²) in [6.07, 6.45) is -2.36. The molecule has 2 saturated heterocycles. The number of phenols is 1. The lowest BCUT2D eigenvalue weighted by Gasteiger charge is -2.32. The lowest BCUT2D eigenvalue weighted by molar-refractivity contribution is -0.126. The Hall–Kier alpha value is -3.86. The van der Waals surface area contributed by atoms with Gasteiger partial charge in [0.05, 0.1) is 36.6 Å². The van der Waals surface area contributed by atoms with Crippen LogP contribution in [0.1, 0.15) is 29.0 Å². The number of piperidine rings is 1. The molecular formula is C29H30F3N7O2S. The van der Waals surface area contributed by atoms with Crippen molar-refractivity contribution in [2.24, 2.45) is 0 Å².